The Morgan fingerprint density at radius 2 is 1.88 bits per heavy atom. The number of aryl methyl sites for hydroxylation is 1. The second-order valence-corrected chi connectivity index (χ2v) is 7.70. The molecule has 26 heavy (non-hydrogen) atoms. The van der Waals surface area contributed by atoms with Gasteiger partial charge in [-0.25, -0.2) is 0 Å². The highest BCUT2D eigenvalue weighted by Crippen LogP contribution is 2.46. The Morgan fingerprint density at radius 3 is 2.62 bits per heavy atom. The zero-order valence-corrected chi connectivity index (χ0v) is 16.2. The molecule has 0 aromatic heterocycles. The van der Waals surface area contributed by atoms with Crippen molar-refractivity contribution in [2.75, 3.05) is 0 Å². The van der Waals surface area contributed by atoms with E-state index < -0.39 is 0 Å². The lowest BCUT2D eigenvalue weighted by molar-refractivity contribution is 0.302. The van der Waals surface area contributed by atoms with Crippen molar-refractivity contribution in [3.05, 3.63) is 65.2 Å². The van der Waals surface area contributed by atoms with Crippen molar-refractivity contribution >= 4 is 12.4 Å². The Morgan fingerprint density at radius 1 is 1.08 bits per heavy atom. The highest BCUT2D eigenvalue weighted by atomic mass is 35.5. The number of benzene rings is 2. The molecule has 2 fully saturated rings. The van der Waals surface area contributed by atoms with E-state index in [0.717, 1.165) is 18.6 Å². The smallest absolute Gasteiger partial charge is 0.123 e. The highest BCUT2D eigenvalue weighted by Gasteiger charge is 2.42. The van der Waals surface area contributed by atoms with Gasteiger partial charge in [-0.3, -0.25) is 0 Å². The molecule has 4 heteroatoms. The van der Waals surface area contributed by atoms with Crippen LogP contribution in [0, 0.1) is 6.92 Å². The fraction of sp³-hybridized carbons (Fsp3) is 0.455. The van der Waals surface area contributed by atoms with Gasteiger partial charge in [0.1, 0.15) is 12.4 Å². The van der Waals surface area contributed by atoms with E-state index in [1.807, 2.05) is 6.07 Å². The molecule has 4 atom stereocenters. The van der Waals surface area contributed by atoms with Crippen molar-refractivity contribution in [3.8, 4) is 5.75 Å². The number of hydrogen-bond donors (Lipinski definition) is 2. The number of rotatable bonds is 6. The monoisotopic (exact) mass is 372 g/mol. The molecule has 0 heterocycles. The standard InChI is InChI=1S/C22H28N2O.ClH/c1-15-7-10-22(25-14-16-5-3-2-4-6-16)20(11-15)19-13-21(19)24-18-9-8-17(23)12-18;/h2-7,10-11,17-19,21,24H,8-9,12-14,23H2,1H3;1H/t17?,18?,19-,21+;/m0./s1. The average molecular weight is 373 g/mol. The number of nitrogens with two attached hydrogens (primary N) is 1. The maximum Gasteiger partial charge on any atom is 0.123 e. The summed E-state index contributed by atoms with van der Waals surface area (Å²) in [6.07, 6.45) is 4.70. The first kappa shape index (κ1) is 19.2. The molecule has 0 aliphatic heterocycles. The highest BCUT2D eigenvalue weighted by molar-refractivity contribution is 5.85. The summed E-state index contributed by atoms with van der Waals surface area (Å²) in [5.41, 5.74) is 9.91. The lowest BCUT2D eigenvalue weighted by Gasteiger charge is -2.15. The number of nitrogens with one attached hydrogen (secondary N) is 1. The second kappa shape index (κ2) is 8.43. The summed E-state index contributed by atoms with van der Waals surface area (Å²) in [5, 5.41) is 3.82. The van der Waals surface area contributed by atoms with Crippen LogP contribution in [-0.4, -0.2) is 18.1 Å². The maximum atomic E-state index is 6.17. The molecule has 0 bridgehead atoms. The molecule has 3 N–H and O–H groups in total. The summed E-state index contributed by atoms with van der Waals surface area (Å²) < 4.78 is 6.17. The number of ether oxygens (including phenoxy) is 1. The Hall–Kier alpha value is -1.55. The van der Waals surface area contributed by atoms with Gasteiger partial charge >= 0.3 is 0 Å². The van der Waals surface area contributed by atoms with Gasteiger partial charge in [0, 0.05) is 24.0 Å². The predicted molar refractivity (Wildman–Crippen MR) is 109 cm³/mol. The summed E-state index contributed by atoms with van der Waals surface area (Å²) in [4.78, 5) is 0. The van der Waals surface area contributed by atoms with Crippen LogP contribution in [0.1, 0.15) is 48.3 Å². The van der Waals surface area contributed by atoms with Crippen LogP contribution in [0.2, 0.25) is 0 Å². The average Bonchev–Trinajstić information content (AvgIpc) is 3.26. The Labute approximate surface area is 162 Å². The van der Waals surface area contributed by atoms with E-state index in [4.69, 9.17) is 10.5 Å². The molecule has 0 amide bonds. The fourth-order valence-electron chi connectivity index (χ4n) is 4.02. The van der Waals surface area contributed by atoms with E-state index in [-0.39, 0.29) is 12.4 Å². The Kier molecular flexibility index (Phi) is 6.23. The van der Waals surface area contributed by atoms with Crippen LogP contribution in [0.3, 0.4) is 0 Å². The van der Waals surface area contributed by atoms with Crippen LogP contribution >= 0.6 is 12.4 Å². The molecule has 2 saturated carbocycles. The van der Waals surface area contributed by atoms with E-state index in [1.165, 1.54) is 29.5 Å². The van der Waals surface area contributed by atoms with Gasteiger partial charge in [-0.05, 0) is 49.8 Å². The SMILES string of the molecule is Cc1ccc(OCc2ccccc2)c([C@@H]2C[C@H]2NC2CCC(N)C2)c1.Cl. The van der Waals surface area contributed by atoms with Crippen LogP contribution in [0.4, 0.5) is 0 Å². The molecule has 2 aliphatic carbocycles. The summed E-state index contributed by atoms with van der Waals surface area (Å²) in [6, 6.07) is 18.5. The van der Waals surface area contributed by atoms with Gasteiger partial charge in [0.2, 0.25) is 0 Å². The molecule has 3 nitrogen and oxygen atoms in total. The lowest BCUT2D eigenvalue weighted by atomic mass is 10.1. The van der Waals surface area contributed by atoms with Crippen molar-refractivity contribution in [2.24, 2.45) is 5.73 Å². The topological polar surface area (TPSA) is 47.3 Å². The van der Waals surface area contributed by atoms with Crippen LogP contribution in [-0.2, 0) is 6.61 Å². The van der Waals surface area contributed by atoms with Crippen molar-refractivity contribution in [1.82, 2.24) is 5.32 Å². The molecule has 2 unspecified atom stereocenters. The molecule has 4 rings (SSSR count). The summed E-state index contributed by atoms with van der Waals surface area (Å²) in [5.74, 6) is 1.61. The summed E-state index contributed by atoms with van der Waals surface area (Å²) in [6.45, 7) is 2.78. The zero-order valence-electron chi connectivity index (χ0n) is 15.4. The first-order valence-corrected chi connectivity index (χ1v) is 9.48. The summed E-state index contributed by atoms with van der Waals surface area (Å²) in [7, 11) is 0. The third kappa shape index (κ3) is 4.59. The lowest BCUT2D eigenvalue weighted by Crippen LogP contribution is -2.31. The molecule has 0 spiro atoms. The minimum absolute atomic E-state index is 0. The van der Waals surface area contributed by atoms with Crippen LogP contribution < -0.4 is 15.8 Å². The second-order valence-electron chi connectivity index (χ2n) is 7.70. The summed E-state index contributed by atoms with van der Waals surface area (Å²) >= 11 is 0. The van der Waals surface area contributed by atoms with Gasteiger partial charge in [-0.15, -0.1) is 12.4 Å². The Bertz CT molecular complexity index is 721. The van der Waals surface area contributed by atoms with Crippen molar-refractivity contribution in [2.45, 2.75) is 63.3 Å². The van der Waals surface area contributed by atoms with E-state index in [9.17, 15) is 0 Å². The van der Waals surface area contributed by atoms with Crippen LogP contribution in [0.15, 0.2) is 48.5 Å². The van der Waals surface area contributed by atoms with E-state index in [2.05, 4.69) is 54.7 Å². The molecule has 140 valence electrons. The normalized spacial score (nSPS) is 27.0. The van der Waals surface area contributed by atoms with Crippen molar-refractivity contribution < 1.29 is 4.74 Å². The molecule has 0 radical (unpaired) electrons. The predicted octanol–water partition coefficient (Wildman–Crippen LogP) is 4.32. The number of halogens is 1. The molecule has 0 saturated heterocycles. The van der Waals surface area contributed by atoms with Gasteiger partial charge in [0.25, 0.3) is 0 Å². The van der Waals surface area contributed by atoms with E-state index >= 15 is 0 Å². The third-order valence-electron chi connectivity index (χ3n) is 5.52. The van der Waals surface area contributed by atoms with Crippen molar-refractivity contribution in [3.63, 3.8) is 0 Å². The molecule has 2 aromatic rings. The minimum atomic E-state index is 0. The molecular weight excluding hydrogens is 344 g/mol. The first-order valence-electron chi connectivity index (χ1n) is 9.48. The van der Waals surface area contributed by atoms with Crippen LogP contribution in [0.5, 0.6) is 5.75 Å². The largest absolute Gasteiger partial charge is 0.489 e. The van der Waals surface area contributed by atoms with Gasteiger partial charge in [0.15, 0.2) is 0 Å². The van der Waals surface area contributed by atoms with Crippen molar-refractivity contribution in [1.29, 1.82) is 0 Å². The van der Waals surface area contributed by atoms with Gasteiger partial charge in [-0.2, -0.15) is 0 Å². The maximum absolute atomic E-state index is 6.17. The fourth-order valence-corrected chi connectivity index (χ4v) is 4.02. The third-order valence-corrected chi connectivity index (χ3v) is 5.52. The first-order chi connectivity index (χ1) is 12.2. The minimum Gasteiger partial charge on any atom is -0.489 e. The molecule has 2 aliphatic rings. The van der Waals surface area contributed by atoms with Crippen LogP contribution in [0.25, 0.3) is 0 Å². The quantitative estimate of drug-likeness (QED) is 0.793. The Balaban J connectivity index is 0.00000196. The number of hydrogen-bond acceptors (Lipinski definition) is 3. The van der Waals surface area contributed by atoms with Gasteiger partial charge in [-0.1, -0.05) is 48.0 Å². The van der Waals surface area contributed by atoms with E-state index in [0.29, 0.717) is 30.7 Å². The zero-order chi connectivity index (χ0) is 17.2. The molecular formula is C22H29ClN2O. The molecule has 2 aromatic carbocycles. The van der Waals surface area contributed by atoms with Gasteiger partial charge in [0.05, 0.1) is 0 Å². The van der Waals surface area contributed by atoms with E-state index in [1.54, 1.807) is 0 Å². The van der Waals surface area contributed by atoms with Gasteiger partial charge < -0.3 is 15.8 Å².